The molecule has 1 aromatic rings. The number of fused-ring (bicyclic) bond motifs is 1. The average Bonchev–Trinajstić information content (AvgIpc) is 2.50. The maximum Gasteiger partial charge on any atom is 0.123 e. The van der Waals surface area contributed by atoms with Crippen LogP contribution >= 0.6 is 11.6 Å². The summed E-state index contributed by atoms with van der Waals surface area (Å²) in [5, 5.41) is 10.2. The van der Waals surface area contributed by atoms with Crippen LogP contribution < -0.4 is 4.74 Å². The standard InChI is InChI=1S/C10H11ClO2/c1-6(12)10-7-4-5-13-9(7)3-2-8(10)11/h2-3,6,12H,4-5H2,1H3. The predicted molar refractivity (Wildman–Crippen MR) is 51.3 cm³/mol. The number of hydrogen-bond acceptors (Lipinski definition) is 2. The molecule has 0 aliphatic carbocycles. The Kier molecular flexibility index (Phi) is 2.18. The van der Waals surface area contributed by atoms with Crippen LogP contribution in [0.4, 0.5) is 0 Å². The van der Waals surface area contributed by atoms with Crippen LogP contribution in [0, 0.1) is 0 Å². The summed E-state index contributed by atoms with van der Waals surface area (Å²) in [5.41, 5.74) is 1.87. The molecule has 0 spiro atoms. The predicted octanol–water partition coefficient (Wildman–Crippen LogP) is 2.33. The summed E-state index contributed by atoms with van der Waals surface area (Å²) in [6.07, 6.45) is 0.319. The van der Waals surface area contributed by atoms with Crippen LogP contribution in [-0.2, 0) is 6.42 Å². The van der Waals surface area contributed by atoms with E-state index in [1.54, 1.807) is 13.0 Å². The Morgan fingerprint density at radius 1 is 1.54 bits per heavy atom. The zero-order valence-corrected chi connectivity index (χ0v) is 8.14. The topological polar surface area (TPSA) is 29.5 Å². The zero-order chi connectivity index (χ0) is 9.42. The highest BCUT2D eigenvalue weighted by atomic mass is 35.5. The maximum absolute atomic E-state index is 9.53. The molecule has 1 atom stereocenters. The van der Waals surface area contributed by atoms with E-state index in [-0.39, 0.29) is 0 Å². The molecule has 1 heterocycles. The number of ether oxygens (including phenoxy) is 1. The molecule has 1 aliphatic heterocycles. The fraction of sp³-hybridized carbons (Fsp3) is 0.400. The van der Waals surface area contributed by atoms with Gasteiger partial charge in [0.2, 0.25) is 0 Å². The largest absolute Gasteiger partial charge is 0.493 e. The van der Waals surface area contributed by atoms with Crippen LogP contribution in [0.3, 0.4) is 0 Å². The molecule has 0 amide bonds. The highest BCUT2D eigenvalue weighted by molar-refractivity contribution is 6.31. The Hall–Kier alpha value is -0.730. The molecule has 0 saturated carbocycles. The lowest BCUT2D eigenvalue weighted by atomic mass is 10.0. The molecule has 70 valence electrons. The third kappa shape index (κ3) is 1.40. The van der Waals surface area contributed by atoms with Crippen molar-refractivity contribution in [2.24, 2.45) is 0 Å². The lowest BCUT2D eigenvalue weighted by molar-refractivity contribution is 0.198. The Bertz CT molecular complexity index is 334. The SMILES string of the molecule is CC(O)c1c(Cl)ccc2c1CCO2. The van der Waals surface area contributed by atoms with Crippen molar-refractivity contribution in [3.63, 3.8) is 0 Å². The third-order valence-electron chi connectivity index (χ3n) is 2.29. The molecule has 2 rings (SSSR count). The quantitative estimate of drug-likeness (QED) is 0.751. The van der Waals surface area contributed by atoms with Crippen LogP contribution in [0.2, 0.25) is 5.02 Å². The first kappa shape index (κ1) is 8.85. The van der Waals surface area contributed by atoms with Crippen molar-refractivity contribution in [3.8, 4) is 5.75 Å². The van der Waals surface area contributed by atoms with Crippen molar-refractivity contribution in [1.82, 2.24) is 0 Å². The summed E-state index contributed by atoms with van der Waals surface area (Å²) < 4.78 is 5.37. The number of halogens is 1. The van der Waals surface area contributed by atoms with Gasteiger partial charge in [-0.3, -0.25) is 0 Å². The second kappa shape index (κ2) is 3.20. The minimum absolute atomic E-state index is 0.524. The molecular formula is C10H11ClO2. The number of rotatable bonds is 1. The van der Waals surface area contributed by atoms with Gasteiger partial charge in [-0.05, 0) is 19.1 Å². The molecule has 1 N–H and O–H groups in total. The summed E-state index contributed by atoms with van der Waals surface area (Å²) in [5.74, 6) is 0.861. The molecule has 0 bridgehead atoms. The van der Waals surface area contributed by atoms with Crippen molar-refractivity contribution in [1.29, 1.82) is 0 Å². The van der Waals surface area contributed by atoms with E-state index in [1.807, 2.05) is 6.07 Å². The van der Waals surface area contributed by atoms with E-state index in [4.69, 9.17) is 16.3 Å². The Labute approximate surface area is 82.1 Å². The number of aliphatic hydroxyl groups excluding tert-OH is 1. The molecule has 0 fully saturated rings. The van der Waals surface area contributed by atoms with Gasteiger partial charge >= 0.3 is 0 Å². The van der Waals surface area contributed by atoms with Crippen LogP contribution in [-0.4, -0.2) is 11.7 Å². The average molecular weight is 199 g/mol. The van der Waals surface area contributed by atoms with Gasteiger partial charge in [-0.2, -0.15) is 0 Å². The van der Waals surface area contributed by atoms with Crippen LogP contribution in [0.1, 0.15) is 24.2 Å². The van der Waals surface area contributed by atoms with E-state index in [0.717, 1.165) is 23.3 Å². The van der Waals surface area contributed by atoms with Crippen LogP contribution in [0.25, 0.3) is 0 Å². The molecule has 0 radical (unpaired) electrons. The van der Waals surface area contributed by atoms with Gasteiger partial charge in [-0.1, -0.05) is 11.6 Å². The van der Waals surface area contributed by atoms with Crippen molar-refractivity contribution in [2.75, 3.05) is 6.61 Å². The minimum Gasteiger partial charge on any atom is -0.493 e. The first-order chi connectivity index (χ1) is 6.20. The summed E-state index contributed by atoms with van der Waals surface area (Å²) >= 11 is 5.99. The van der Waals surface area contributed by atoms with Gasteiger partial charge in [-0.15, -0.1) is 0 Å². The van der Waals surface area contributed by atoms with E-state index in [1.165, 1.54) is 0 Å². The van der Waals surface area contributed by atoms with Crippen molar-refractivity contribution in [3.05, 3.63) is 28.3 Å². The third-order valence-corrected chi connectivity index (χ3v) is 2.62. The minimum atomic E-state index is -0.524. The van der Waals surface area contributed by atoms with Crippen molar-refractivity contribution >= 4 is 11.6 Å². The molecule has 13 heavy (non-hydrogen) atoms. The normalized spacial score (nSPS) is 16.5. The monoisotopic (exact) mass is 198 g/mol. The summed E-state index contributed by atoms with van der Waals surface area (Å²) in [4.78, 5) is 0. The van der Waals surface area contributed by atoms with Gasteiger partial charge < -0.3 is 9.84 Å². The lowest BCUT2D eigenvalue weighted by Crippen LogP contribution is -1.97. The fourth-order valence-electron chi connectivity index (χ4n) is 1.72. The summed E-state index contributed by atoms with van der Waals surface area (Å²) in [7, 11) is 0. The molecule has 3 heteroatoms. The number of benzene rings is 1. The highest BCUT2D eigenvalue weighted by Gasteiger charge is 2.20. The van der Waals surface area contributed by atoms with Gasteiger partial charge in [0, 0.05) is 22.6 Å². The van der Waals surface area contributed by atoms with Gasteiger partial charge in [0.25, 0.3) is 0 Å². The molecule has 1 unspecified atom stereocenters. The van der Waals surface area contributed by atoms with Crippen molar-refractivity contribution < 1.29 is 9.84 Å². The number of aliphatic hydroxyl groups is 1. The van der Waals surface area contributed by atoms with E-state index >= 15 is 0 Å². The van der Waals surface area contributed by atoms with Gasteiger partial charge in [0.05, 0.1) is 12.7 Å². The second-order valence-electron chi connectivity index (χ2n) is 3.21. The molecular weight excluding hydrogens is 188 g/mol. The van der Waals surface area contributed by atoms with E-state index in [0.29, 0.717) is 11.6 Å². The van der Waals surface area contributed by atoms with Crippen LogP contribution in [0.5, 0.6) is 5.75 Å². The molecule has 0 saturated heterocycles. The Morgan fingerprint density at radius 2 is 2.31 bits per heavy atom. The molecule has 0 aromatic heterocycles. The smallest absolute Gasteiger partial charge is 0.123 e. The van der Waals surface area contributed by atoms with E-state index < -0.39 is 6.10 Å². The second-order valence-corrected chi connectivity index (χ2v) is 3.62. The maximum atomic E-state index is 9.53. The zero-order valence-electron chi connectivity index (χ0n) is 7.38. The highest BCUT2D eigenvalue weighted by Crippen LogP contribution is 2.36. The Morgan fingerprint density at radius 3 is 3.00 bits per heavy atom. The molecule has 1 aromatic carbocycles. The first-order valence-corrected chi connectivity index (χ1v) is 4.70. The van der Waals surface area contributed by atoms with E-state index in [9.17, 15) is 5.11 Å². The molecule has 2 nitrogen and oxygen atoms in total. The summed E-state index contributed by atoms with van der Waals surface area (Å²) in [6.45, 7) is 2.41. The van der Waals surface area contributed by atoms with Crippen LogP contribution in [0.15, 0.2) is 12.1 Å². The van der Waals surface area contributed by atoms with Gasteiger partial charge in [0.1, 0.15) is 5.75 Å². The van der Waals surface area contributed by atoms with Crippen molar-refractivity contribution in [2.45, 2.75) is 19.4 Å². The fourth-order valence-corrected chi connectivity index (χ4v) is 2.06. The Balaban J connectivity index is 2.58. The first-order valence-electron chi connectivity index (χ1n) is 4.32. The summed E-state index contributed by atoms with van der Waals surface area (Å²) in [6, 6.07) is 3.63. The number of hydrogen-bond donors (Lipinski definition) is 1. The molecule has 1 aliphatic rings. The van der Waals surface area contributed by atoms with Gasteiger partial charge in [-0.25, -0.2) is 0 Å². The van der Waals surface area contributed by atoms with E-state index in [2.05, 4.69) is 0 Å². The lowest BCUT2D eigenvalue weighted by Gasteiger charge is -2.11. The van der Waals surface area contributed by atoms with Gasteiger partial charge in [0.15, 0.2) is 0 Å².